The molecule has 2 atom stereocenters. The summed E-state index contributed by atoms with van der Waals surface area (Å²) in [5.41, 5.74) is 2.33. The van der Waals surface area contributed by atoms with Gasteiger partial charge >= 0.3 is 0 Å². The largest absolute Gasteiger partial charge is 0.497 e. The minimum Gasteiger partial charge on any atom is -0.497 e. The fourth-order valence-corrected chi connectivity index (χ4v) is 3.92. The first-order valence-electron chi connectivity index (χ1n) is 8.03. The Hall–Kier alpha value is -2.01. The van der Waals surface area contributed by atoms with Gasteiger partial charge < -0.3 is 9.47 Å². The molecule has 1 aromatic heterocycles. The zero-order valence-corrected chi connectivity index (χ0v) is 14.0. The molecule has 1 saturated heterocycles. The predicted molar refractivity (Wildman–Crippen MR) is 86.3 cm³/mol. The van der Waals surface area contributed by atoms with Crippen molar-refractivity contribution >= 4 is 0 Å². The fraction of sp³-hybridized carbons (Fsp3) is 0.500. The van der Waals surface area contributed by atoms with Crippen LogP contribution in [0.25, 0.3) is 11.4 Å². The van der Waals surface area contributed by atoms with Crippen molar-refractivity contribution in [2.75, 3.05) is 7.11 Å². The van der Waals surface area contributed by atoms with Gasteiger partial charge in [-0.25, -0.2) is 4.98 Å². The van der Waals surface area contributed by atoms with Crippen LogP contribution in [-0.4, -0.2) is 27.9 Å². The van der Waals surface area contributed by atoms with E-state index < -0.39 is 0 Å². The van der Waals surface area contributed by atoms with Gasteiger partial charge in [0.2, 0.25) is 0 Å². The average molecular weight is 311 g/mol. The van der Waals surface area contributed by atoms with Crippen LogP contribution in [0.1, 0.15) is 50.9 Å². The Morgan fingerprint density at radius 1 is 1.13 bits per heavy atom. The molecule has 0 saturated carbocycles. The summed E-state index contributed by atoms with van der Waals surface area (Å²) in [5.74, 6) is 1.76. The van der Waals surface area contributed by atoms with Crippen LogP contribution in [0.3, 0.4) is 0 Å². The molecule has 2 unspecified atom stereocenters. The van der Waals surface area contributed by atoms with E-state index in [4.69, 9.17) is 14.5 Å². The lowest BCUT2D eigenvalue weighted by molar-refractivity contribution is -0.199. The second-order valence-corrected chi connectivity index (χ2v) is 7.13. The number of fused-ring (bicyclic) bond motifs is 2. The van der Waals surface area contributed by atoms with E-state index in [0.717, 1.165) is 35.5 Å². The molecule has 0 N–H and O–H groups in total. The summed E-state index contributed by atoms with van der Waals surface area (Å²) in [6, 6.07) is 7.76. The molecule has 5 rings (SSSR count). The molecule has 0 spiro atoms. The SMILES string of the molecule is COc1ccc(-c2nnc3c(n2)C2CCC3(C)OC2(C)C)cc1. The van der Waals surface area contributed by atoms with Gasteiger partial charge in [0.05, 0.1) is 18.4 Å². The predicted octanol–water partition coefficient (Wildman–Crippen LogP) is 3.45. The number of hydrogen-bond acceptors (Lipinski definition) is 5. The van der Waals surface area contributed by atoms with Gasteiger partial charge in [-0.15, -0.1) is 10.2 Å². The third-order valence-corrected chi connectivity index (χ3v) is 5.13. The van der Waals surface area contributed by atoms with E-state index >= 15 is 0 Å². The van der Waals surface area contributed by atoms with E-state index in [2.05, 4.69) is 31.0 Å². The lowest BCUT2D eigenvalue weighted by Gasteiger charge is -2.52. The van der Waals surface area contributed by atoms with Gasteiger partial charge in [0, 0.05) is 11.5 Å². The first-order valence-corrected chi connectivity index (χ1v) is 8.03. The van der Waals surface area contributed by atoms with Crippen molar-refractivity contribution in [2.45, 2.75) is 50.7 Å². The van der Waals surface area contributed by atoms with Crippen molar-refractivity contribution in [3.8, 4) is 17.1 Å². The Bertz CT molecular complexity index is 757. The fourth-order valence-electron chi connectivity index (χ4n) is 3.92. The number of rotatable bonds is 2. The van der Waals surface area contributed by atoms with E-state index in [1.165, 1.54) is 0 Å². The molecule has 5 heteroatoms. The summed E-state index contributed by atoms with van der Waals surface area (Å²) >= 11 is 0. The van der Waals surface area contributed by atoms with Crippen LogP contribution in [0.2, 0.25) is 0 Å². The number of benzene rings is 1. The van der Waals surface area contributed by atoms with Crippen molar-refractivity contribution in [1.29, 1.82) is 0 Å². The molecule has 2 bridgehead atoms. The quantitative estimate of drug-likeness (QED) is 0.850. The molecule has 3 heterocycles. The number of nitrogens with zero attached hydrogens (tertiary/aromatic N) is 3. The van der Waals surface area contributed by atoms with Crippen LogP contribution in [0, 0.1) is 0 Å². The zero-order chi connectivity index (χ0) is 16.2. The van der Waals surface area contributed by atoms with E-state index in [0.29, 0.717) is 5.82 Å². The molecule has 1 fully saturated rings. The van der Waals surface area contributed by atoms with Crippen LogP contribution in [-0.2, 0) is 10.3 Å². The molecule has 23 heavy (non-hydrogen) atoms. The molecule has 0 radical (unpaired) electrons. The van der Waals surface area contributed by atoms with Crippen molar-refractivity contribution in [1.82, 2.24) is 15.2 Å². The standard InChI is InChI=1S/C18H21N3O2/c1-17(2)13-9-10-18(3,23-17)15-14(13)19-16(21-20-15)11-5-7-12(22-4)8-6-11/h5-8,13H,9-10H2,1-4H3. The molecule has 2 aromatic rings. The maximum absolute atomic E-state index is 6.30. The minimum atomic E-state index is -0.369. The monoisotopic (exact) mass is 311 g/mol. The third kappa shape index (κ3) is 2.14. The van der Waals surface area contributed by atoms with Gasteiger partial charge in [0.1, 0.15) is 17.0 Å². The Morgan fingerprint density at radius 2 is 1.87 bits per heavy atom. The van der Waals surface area contributed by atoms with Gasteiger partial charge in [-0.05, 0) is 57.9 Å². The third-order valence-electron chi connectivity index (χ3n) is 5.13. The van der Waals surface area contributed by atoms with Crippen LogP contribution < -0.4 is 4.74 Å². The van der Waals surface area contributed by atoms with Gasteiger partial charge in [-0.3, -0.25) is 0 Å². The second kappa shape index (κ2) is 4.74. The Labute approximate surface area is 136 Å². The highest BCUT2D eigenvalue weighted by molar-refractivity contribution is 5.56. The minimum absolute atomic E-state index is 0.215. The van der Waals surface area contributed by atoms with E-state index in [-0.39, 0.29) is 17.1 Å². The smallest absolute Gasteiger partial charge is 0.182 e. The summed E-state index contributed by atoms with van der Waals surface area (Å²) in [7, 11) is 1.66. The molecule has 0 amide bonds. The zero-order valence-electron chi connectivity index (χ0n) is 14.0. The topological polar surface area (TPSA) is 57.1 Å². The molecule has 2 aliphatic heterocycles. The second-order valence-electron chi connectivity index (χ2n) is 7.13. The van der Waals surface area contributed by atoms with Crippen molar-refractivity contribution < 1.29 is 9.47 Å². The molecule has 5 nitrogen and oxygen atoms in total. The lowest BCUT2D eigenvalue weighted by atomic mass is 9.69. The summed E-state index contributed by atoms with van der Waals surface area (Å²) in [6.07, 6.45) is 2.06. The summed E-state index contributed by atoms with van der Waals surface area (Å²) in [5, 5.41) is 8.84. The van der Waals surface area contributed by atoms with Gasteiger partial charge in [0.15, 0.2) is 5.82 Å². The number of ether oxygens (including phenoxy) is 2. The molecular formula is C18H21N3O2. The van der Waals surface area contributed by atoms with E-state index in [9.17, 15) is 0 Å². The normalized spacial score (nSPS) is 27.6. The van der Waals surface area contributed by atoms with Crippen molar-refractivity contribution in [2.24, 2.45) is 0 Å². The summed E-state index contributed by atoms with van der Waals surface area (Å²) in [4.78, 5) is 4.87. The van der Waals surface area contributed by atoms with E-state index in [1.807, 2.05) is 24.3 Å². The molecule has 1 aromatic carbocycles. The highest BCUT2D eigenvalue weighted by Crippen LogP contribution is 2.54. The number of methoxy groups -OCH3 is 1. The van der Waals surface area contributed by atoms with Gasteiger partial charge in [-0.2, -0.15) is 0 Å². The Balaban J connectivity index is 1.81. The van der Waals surface area contributed by atoms with Gasteiger partial charge in [0.25, 0.3) is 0 Å². The average Bonchev–Trinajstić information content (AvgIpc) is 2.53. The van der Waals surface area contributed by atoms with Crippen LogP contribution in [0.5, 0.6) is 5.75 Å². The Kier molecular flexibility index (Phi) is 3.00. The Morgan fingerprint density at radius 3 is 2.52 bits per heavy atom. The molecule has 3 aliphatic rings. The highest BCUT2D eigenvalue weighted by Gasteiger charge is 2.54. The lowest BCUT2D eigenvalue weighted by Crippen LogP contribution is -2.52. The molecule has 120 valence electrons. The molecular weight excluding hydrogens is 290 g/mol. The van der Waals surface area contributed by atoms with Crippen LogP contribution >= 0.6 is 0 Å². The van der Waals surface area contributed by atoms with Crippen molar-refractivity contribution in [3.05, 3.63) is 35.7 Å². The number of hydrogen-bond donors (Lipinski definition) is 0. The first-order chi connectivity index (χ1) is 10.9. The van der Waals surface area contributed by atoms with E-state index in [1.54, 1.807) is 7.11 Å². The van der Waals surface area contributed by atoms with Crippen LogP contribution in [0.15, 0.2) is 24.3 Å². The van der Waals surface area contributed by atoms with Crippen molar-refractivity contribution in [3.63, 3.8) is 0 Å². The summed E-state index contributed by atoms with van der Waals surface area (Å²) in [6.45, 7) is 6.40. The summed E-state index contributed by atoms with van der Waals surface area (Å²) < 4.78 is 11.5. The van der Waals surface area contributed by atoms with Crippen LogP contribution in [0.4, 0.5) is 0 Å². The maximum atomic E-state index is 6.30. The number of aromatic nitrogens is 3. The molecule has 1 aliphatic carbocycles. The van der Waals surface area contributed by atoms with Gasteiger partial charge in [-0.1, -0.05) is 0 Å². The highest BCUT2D eigenvalue weighted by atomic mass is 16.5. The maximum Gasteiger partial charge on any atom is 0.182 e. The first kappa shape index (κ1) is 14.6.